The quantitative estimate of drug-likeness (QED) is 0.873. The number of carbonyl (C=O) groups excluding carboxylic acids is 1. The van der Waals surface area contributed by atoms with Crippen LogP contribution in [0.1, 0.15) is 25.3 Å². The maximum atomic E-state index is 12.3. The van der Waals surface area contributed by atoms with Crippen LogP contribution in [0.2, 0.25) is 0 Å². The summed E-state index contributed by atoms with van der Waals surface area (Å²) in [5.41, 5.74) is 6.75. The lowest BCUT2D eigenvalue weighted by Crippen LogP contribution is -2.49. The molecule has 4 nitrogen and oxygen atoms in total. The van der Waals surface area contributed by atoms with Crippen molar-refractivity contribution in [2.45, 2.75) is 32.2 Å². The Balaban J connectivity index is 1.99. The highest BCUT2D eigenvalue weighted by Crippen LogP contribution is 2.22. The second-order valence-electron chi connectivity index (χ2n) is 5.14. The largest absolute Gasteiger partial charge is 0.338 e. The van der Waals surface area contributed by atoms with E-state index in [1.54, 1.807) is 12.4 Å². The molecule has 0 aliphatic carbocycles. The molecule has 2 atom stereocenters. The van der Waals surface area contributed by atoms with Gasteiger partial charge in [-0.1, -0.05) is 13.0 Å². The molecular weight excluding hydrogens is 226 g/mol. The average molecular weight is 247 g/mol. The number of hydrogen-bond donors (Lipinski definition) is 1. The van der Waals surface area contributed by atoms with E-state index < -0.39 is 0 Å². The van der Waals surface area contributed by atoms with E-state index in [0.717, 1.165) is 24.9 Å². The number of hydrogen-bond acceptors (Lipinski definition) is 3. The molecule has 1 saturated heterocycles. The molecule has 2 rings (SSSR count). The van der Waals surface area contributed by atoms with Gasteiger partial charge in [-0.25, -0.2) is 0 Å². The number of likely N-dealkylation sites (tertiary alicyclic amines) is 1. The number of rotatable bonds is 3. The molecule has 18 heavy (non-hydrogen) atoms. The molecule has 0 aromatic carbocycles. The van der Waals surface area contributed by atoms with Crippen molar-refractivity contribution in [2.75, 3.05) is 13.1 Å². The van der Waals surface area contributed by atoms with Crippen LogP contribution in [-0.2, 0) is 11.2 Å². The minimum absolute atomic E-state index is 0.172. The van der Waals surface area contributed by atoms with Crippen molar-refractivity contribution in [3.63, 3.8) is 0 Å². The highest BCUT2D eigenvalue weighted by Gasteiger charge is 2.28. The van der Waals surface area contributed by atoms with Gasteiger partial charge in [0.05, 0.1) is 6.42 Å². The van der Waals surface area contributed by atoms with E-state index in [2.05, 4.69) is 11.9 Å². The summed E-state index contributed by atoms with van der Waals surface area (Å²) in [6.45, 7) is 3.62. The Morgan fingerprint density at radius 2 is 2.44 bits per heavy atom. The summed E-state index contributed by atoms with van der Waals surface area (Å²) in [6, 6.07) is 4.01. The summed E-state index contributed by atoms with van der Waals surface area (Å²) in [5, 5.41) is 0. The molecule has 4 heteroatoms. The first-order valence-corrected chi connectivity index (χ1v) is 6.59. The molecule has 2 heterocycles. The molecule has 98 valence electrons. The molecule has 1 fully saturated rings. The first-order chi connectivity index (χ1) is 8.70. The molecule has 0 spiro atoms. The molecule has 0 bridgehead atoms. The Morgan fingerprint density at radius 1 is 1.61 bits per heavy atom. The van der Waals surface area contributed by atoms with E-state index in [9.17, 15) is 4.79 Å². The van der Waals surface area contributed by atoms with Gasteiger partial charge >= 0.3 is 0 Å². The maximum Gasteiger partial charge on any atom is 0.227 e. The summed E-state index contributed by atoms with van der Waals surface area (Å²) in [5.74, 6) is 0.839. The van der Waals surface area contributed by atoms with Crippen molar-refractivity contribution >= 4 is 5.91 Å². The van der Waals surface area contributed by atoms with Crippen molar-refractivity contribution < 1.29 is 4.79 Å². The average Bonchev–Trinajstić information content (AvgIpc) is 2.39. The van der Waals surface area contributed by atoms with E-state index in [0.29, 0.717) is 18.9 Å². The predicted octanol–water partition coefficient (Wildman–Crippen LogP) is 1.21. The van der Waals surface area contributed by atoms with Gasteiger partial charge in [0.2, 0.25) is 5.91 Å². The molecule has 0 saturated carbocycles. The lowest BCUT2D eigenvalue weighted by Gasteiger charge is -2.38. The zero-order valence-corrected chi connectivity index (χ0v) is 10.9. The smallest absolute Gasteiger partial charge is 0.227 e. The number of piperidine rings is 1. The third-order valence-electron chi connectivity index (χ3n) is 3.65. The maximum absolute atomic E-state index is 12.3. The standard InChI is InChI=1S/C14H21N3O/c1-11-4-6-17(13(7-11)9-15)14(18)8-12-3-2-5-16-10-12/h2-3,5,10-11,13H,4,6-9,15H2,1H3. The number of carbonyl (C=O) groups is 1. The van der Waals surface area contributed by atoms with Gasteiger partial charge in [-0.15, -0.1) is 0 Å². The highest BCUT2D eigenvalue weighted by atomic mass is 16.2. The minimum Gasteiger partial charge on any atom is -0.338 e. The van der Waals surface area contributed by atoms with Crippen LogP contribution in [0.4, 0.5) is 0 Å². The Kier molecular flexibility index (Phi) is 4.31. The number of amides is 1. The van der Waals surface area contributed by atoms with Crippen molar-refractivity contribution in [3.8, 4) is 0 Å². The van der Waals surface area contributed by atoms with Crippen molar-refractivity contribution in [1.82, 2.24) is 9.88 Å². The topological polar surface area (TPSA) is 59.2 Å². The molecule has 0 radical (unpaired) electrons. The summed E-state index contributed by atoms with van der Waals surface area (Å²) >= 11 is 0. The minimum atomic E-state index is 0.172. The Hall–Kier alpha value is -1.42. The van der Waals surface area contributed by atoms with Crippen LogP contribution < -0.4 is 5.73 Å². The van der Waals surface area contributed by atoms with Crippen LogP contribution in [0.15, 0.2) is 24.5 Å². The van der Waals surface area contributed by atoms with Crippen molar-refractivity contribution in [1.29, 1.82) is 0 Å². The third-order valence-corrected chi connectivity index (χ3v) is 3.65. The van der Waals surface area contributed by atoms with Gasteiger partial charge in [-0.2, -0.15) is 0 Å². The monoisotopic (exact) mass is 247 g/mol. The summed E-state index contributed by atoms with van der Waals surface area (Å²) in [6.07, 6.45) is 6.00. The zero-order valence-electron chi connectivity index (χ0n) is 10.9. The number of aromatic nitrogens is 1. The fourth-order valence-electron chi connectivity index (χ4n) is 2.58. The summed E-state index contributed by atoms with van der Waals surface area (Å²) in [7, 11) is 0. The third kappa shape index (κ3) is 3.07. The van der Waals surface area contributed by atoms with E-state index >= 15 is 0 Å². The fraction of sp³-hybridized carbons (Fsp3) is 0.571. The SMILES string of the molecule is CC1CCN(C(=O)Cc2cccnc2)C(CN)C1. The van der Waals surface area contributed by atoms with Crippen molar-refractivity contribution in [3.05, 3.63) is 30.1 Å². The second kappa shape index (κ2) is 5.96. The van der Waals surface area contributed by atoms with Gasteiger partial charge in [-0.05, 0) is 30.4 Å². The Morgan fingerprint density at radius 3 is 3.11 bits per heavy atom. The summed E-state index contributed by atoms with van der Waals surface area (Å²) < 4.78 is 0. The highest BCUT2D eigenvalue weighted by molar-refractivity contribution is 5.79. The van der Waals surface area contributed by atoms with Gasteiger partial charge in [0.25, 0.3) is 0 Å². The van der Waals surface area contributed by atoms with E-state index in [1.807, 2.05) is 17.0 Å². The van der Waals surface area contributed by atoms with Crippen LogP contribution in [0.3, 0.4) is 0 Å². The molecule has 1 aliphatic heterocycles. The molecular formula is C14H21N3O. The predicted molar refractivity (Wildman–Crippen MR) is 70.9 cm³/mol. The Bertz CT molecular complexity index is 393. The van der Waals surface area contributed by atoms with Crippen LogP contribution in [0.25, 0.3) is 0 Å². The van der Waals surface area contributed by atoms with E-state index in [4.69, 9.17) is 5.73 Å². The first-order valence-electron chi connectivity index (χ1n) is 6.59. The lowest BCUT2D eigenvalue weighted by molar-refractivity contribution is -0.134. The molecule has 1 amide bonds. The molecule has 1 aromatic heterocycles. The number of pyridine rings is 1. The zero-order chi connectivity index (χ0) is 13.0. The second-order valence-corrected chi connectivity index (χ2v) is 5.14. The molecule has 2 unspecified atom stereocenters. The van der Waals surface area contributed by atoms with Crippen LogP contribution >= 0.6 is 0 Å². The first kappa shape index (κ1) is 13.0. The van der Waals surface area contributed by atoms with Crippen molar-refractivity contribution in [2.24, 2.45) is 11.7 Å². The van der Waals surface area contributed by atoms with Gasteiger partial charge in [0.1, 0.15) is 0 Å². The lowest BCUT2D eigenvalue weighted by atomic mass is 9.92. The molecule has 2 N–H and O–H groups in total. The number of nitrogens with zero attached hydrogens (tertiary/aromatic N) is 2. The Labute approximate surface area is 108 Å². The van der Waals surface area contributed by atoms with Gasteiger partial charge < -0.3 is 10.6 Å². The summed E-state index contributed by atoms with van der Waals surface area (Å²) in [4.78, 5) is 18.3. The molecule has 1 aromatic rings. The normalized spacial score (nSPS) is 24.0. The number of nitrogens with two attached hydrogens (primary N) is 1. The van der Waals surface area contributed by atoms with Gasteiger partial charge in [0.15, 0.2) is 0 Å². The van der Waals surface area contributed by atoms with E-state index in [-0.39, 0.29) is 11.9 Å². The van der Waals surface area contributed by atoms with Crippen LogP contribution in [-0.4, -0.2) is 34.9 Å². The van der Waals surface area contributed by atoms with E-state index in [1.165, 1.54) is 0 Å². The van der Waals surface area contributed by atoms with Gasteiger partial charge in [-0.3, -0.25) is 9.78 Å². The van der Waals surface area contributed by atoms with Gasteiger partial charge in [0, 0.05) is 31.5 Å². The van der Waals surface area contributed by atoms with Crippen LogP contribution in [0.5, 0.6) is 0 Å². The van der Waals surface area contributed by atoms with Crippen LogP contribution in [0, 0.1) is 5.92 Å². The molecule has 1 aliphatic rings. The fourth-order valence-corrected chi connectivity index (χ4v) is 2.58.